The molecule has 6 heteroatoms. The lowest BCUT2D eigenvalue weighted by Gasteiger charge is -1.97. The van der Waals surface area contributed by atoms with E-state index in [1.165, 1.54) is 11.3 Å². The van der Waals surface area contributed by atoms with Crippen LogP contribution >= 0.6 is 27.3 Å². The summed E-state index contributed by atoms with van der Waals surface area (Å²) in [5, 5.41) is 3.71. The van der Waals surface area contributed by atoms with Crippen LogP contribution in [0, 0.1) is 0 Å². The highest BCUT2D eigenvalue weighted by Gasteiger charge is 1.96. The molecule has 0 bridgehead atoms. The van der Waals surface area contributed by atoms with Crippen LogP contribution in [0.3, 0.4) is 0 Å². The fraction of sp³-hybridized carbons (Fsp3) is 0.250. The first-order chi connectivity index (χ1) is 6.72. The quantitative estimate of drug-likeness (QED) is 0.682. The van der Waals surface area contributed by atoms with Crippen molar-refractivity contribution in [1.29, 1.82) is 0 Å². The summed E-state index contributed by atoms with van der Waals surface area (Å²) < 4.78 is 5.64. The van der Waals surface area contributed by atoms with Gasteiger partial charge in [0.05, 0.1) is 16.6 Å². The number of ether oxygens (including phenoxy) is 1. The Balaban J connectivity index is 2.37. The number of carbonyl (C=O) groups is 1. The Hall–Kier alpha value is -0.880. The Morgan fingerprint density at radius 3 is 3.14 bits per heavy atom. The first kappa shape index (κ1) is 11.2. The summed E-state index contributed by atoms with van der Waals surface area (Å²) in [4.78, 5) is 11.7. The van der Waals surface area contributed by atoms with E-state index in [0.29, 0.717) is 6.61 Å². The Kier molecular flexibility index (Phi) is 4.61. The van der Waals surface area contributed by atoms with E-state index in [1.54, 1.807) is 13.1 Å². The molecule has 0 aromatic carbocycles. The highest BCUT2D eigenvalue weighted by Crippen LogP contribution is 2.20. The third kappa shape index (κ3) is 3.89. The van der Waals surface area contributed by atoms with Gasteiger partial charge in [0.15, 0.2) is 0 Å². The monoisotopic (exact) mass is 276 g/mol. The van der Waals surface area contributed by atoms with Crippen LogP contribution in [0.25, 0.3) is 0 Å². The molecule has 0 fully saturated rings. The van der Waals surface area contributed by atoms with Gasteiger partial charge in [0.2, 0.25) is 0 Å². The van der Waals surface area contributed by atoms with Crippen molar-refractivity contribution in [2.45, 2.75) is 6.92 Å². The van der Waals surface area contributed by atoms with Gasteiger partial charge in [-0.2, -0.15) is 5.10 Å². The highest BCUT2D eigenvalue weighted by atomic mass is 79.9. The minimum atomic E-state index is -0.542. The van der Waals surface area contributed by atoms with Gasteiger partial charge in [0.25, 0.3) is 0 Å². The Morgan fingerprint density at radius 2 is 2.57 bits per heavy atom. The number of carbonyl (C=O) groups excluding carboxylic acids is 1. The van der Waals surface area contributed by atoms with E-state index in [2.05, 4.69) is 31.2 Å². The van der Waals surface area contributed by atoms with Crippen LogP contribution in [0.1, 0.15) is 11.8 Å². The molecule has 1 heterocycles. The van der Waals surface area contributed by atoms with Gasteiger partial charge in [-0.3, -0.25) is 0 Å². The van der Waals surface area contributed by atoms with Crippen molar-refractivity contribution in [3.63, 3.8) is 0 Å². The van der Waals surface area contributed by atoms with Crippen LogP contribution in [-0.4, -0.2) is 18.9 Å². The molecule has 1 aromatic rings. The number of amides is 1. The molecule has 0 aliphatic heterocycles. The van der Waals surface area contributed by atoms with Gasteiger partial charge >= 0.3 is 6.09 Å². The van der Waals surface area contributed by atoms with Crippen LogP contribution in [0.15, 0.2) is 21.0 Å². The average molecular weight is 277 g/mol. The molecule has 14 heavy (non-hydrogen) atoms. The lowest BCUT2D eigenvalue weighted by Crippen LogP contribution is -2.18. The summed E-state index contributed by atoms with van der Waals surface area (Å²) in [6, 6.07) is 3.81. The smallest absolute Gasteiger partial charge is 0.427 e. The van der Waals surface area contributed by atoms with Crippen LogP contribution in [0.4, 0.5) is 4.79 Å². The normalized spacial score (nSPS) is 10.4. The summed E-state index contributed by atoms with van der Waals surface area (Å²) >= 11 is 4.85. The van der Waals surface area contributed by atoms with Gasteiger partial charge in [0, 0.05) is 4.88 Å². The van der Waals surface area contributed by atoms with Crippen molar-refractivity contribution in [2.24, 2.45) is 5.10 Å². The minimum Gasteiger partial charge on any atom is -0.449 e. The summed E-state index contributed by atoms with van der Waals surface area (Å²) in [6.45, 7) is 2.07. The van der Waals surface area contributed by atoms with E-state index in [4.69, 9.17) is 0 Å². The fourth-order valence-electron chi connectivity index (χ4n) is 0.710. The summed E-state index contributed by atoms with van der Waals surface area (Å²) in [7, 11) is 0. The maximum Gasteiger partial charge on any atom is 0.427 e. The lowest BCUT2D eigenvalue weighted by molar-refractivity contribution is 0.152. The summed E-state index contributed by atoms with van der Waals surface area (Å²) in [5.41, 5.74) is 2.24. The molecule has 1 N–H and O–H groups in total. The second-order valence-electron chi connectivity index (χ2n) is 2.23. The molecule has 1 rings (SSSR count). The predicted molar refractivity (Wildman–Crippen MR) is 59.8 cm³/mol. The molecule has 0 aliphatic carbocycles. The Morgan fingerprint density at radius 1 is 1.79 bits per heavy atom. The average Bonchev–Trinajstić information content (AvgIpc) is 2.52. The second kappa shape index (κ2) is 5.77. The molecule has 0 saturated carbocycles. The van der Waals surface area contributed by atoms with Gasteiger partial charge in [-0.1, -0.05) is 0 Å². The maximum atomic E-state index is 10.8. The number of hydrogen-bond acceptors (Lipinski definition) is 4. The molecule has 0 spiro atoms. The number of halogens is 1. The lowest BCUT2D eigenvalue weighted by atomic mass is 10.5. The fourth-order valence-corrected chi connectivity index (χ4v) is 2.01. The zero-order valence-electron chi connectivity index (χ0n) is 7.49. The largest absolute Gasteiger partial charge is 0.449 e. The van der Waals surface area contributed by atoms with Crippen LogP contribution < -0.4 is 5.43 Å². The summed E-state index contributed by atoms with van der Waals surface area (Å²) in [5.74, 6) is 0. The van der Waals surface area contributed by atoms with E-state index in [1.807, 2.05) is 12.1 Å². The highest BCUT2D eigenvalue weighted by molar-refractivity contribution is 9.11. The van der Waals surface area contributed by atoms with Gasteiger partial charge in [-0.15, -0.1) is 11.3 Å². The number of thiophene rings is 1. The molecule has 4 nitrogen and oxygen atoms in total. The topological polar surface area (TPSA) is 50.7 Å². The van der Waals surface area contributed by atoms with Crippen molar-refractivity contribution >= 4 is 39.6 Å². The van der Waals surface area contributed by atoms with Gasteiger partial charge < -0.3 is 4.74 Å². The first-order valence-electron chi connectivity index (χ1n) is 3.93. The number of nitrogens with zero attached hydrogens (tertiary/aromatic N) is 1. The molecule has 1 amide bonds. The molecular formula is C8H9BrN2O2S. The van der Waals surface area contributed by atoms with Crippen LogP contribution in [0.2, 0.25) is 0 Å². The van der Waals surface area contributed by atoms with E-state index in [9.17, 15) is 4.79 Å². The minimum absolute atomic E-state index is 0.339. The van der Waals surface area contributed by atoms with Crippen LogP contribution in [0.5, 0.6) is 0 Å². The summed E-state index contributed by atoms with van der Waals surface area (Å²) in [6.07, 6.45) is 1.02. The molecule has 0 radical (unpaired) electrons. The number of nitrogens with one attached hydrogen (secondary N) is 1. The molecule has 76 valence electrons. The van der Waals surface area contributed by atoms with E-state index in [0.717, 1.165) is 8.66 Å². The van der Waals surface area contributed by atoms with E-state index < -0.39 is 6.09 Å². The van der Waals surface area contributed by atoms with Gasteiger partial charge in [0.1, 0.15) is 0 Å². The second-order valence-corrected chi connectivity index (χ2v) is 4.73. The van der Waals surface area contributed by atoms with Crippen molar-refractivity contribution < 1.29 is 9.53 Å². The maximum absolute atomic E-state index is 10.8. The molecule has 0 saturated heterocycles. The first-order valence-corrected chi connectivity index (χ1v) is 5.54. The van der Waals surface area contributed by atoms with Crippen molar-refractivity contribution in [2.75, 3.05) is 6.61 Å². The van der Waals surface area contributed by atoms with Gasteiger partial charge in [-0.05, 0) is 35.0 Å². The van der Waals surface area contributed by atoms with E-state index >= 15 is 0 Å². The number of hydrogen-bond donors (Lipinski definition) is 1. The zero-order valence-corrected chi connectivity index (χ0v) is 9.89. The van der Waals surface area contributed by atoms with Crippen molar-refractivity contribution in [3.8, 4) is 0 Å². The standard InChI is InChI=1S/C8H9BrN2O2S/c1-2-13-8(12)11-10-5-6-3-4-7(9)14-6/h3-5H,2H2,1H3,(H,11,12). The molecule has 0 unspecified atom stereocenters. The molecule has 0 atom stereocenters. The third-order valence-electron chi connectivity index (χ3n) is 1.22. The van der Waals surface area contributed by atoms with Crippen molar-refractivity contribution in [1.82, 2.24) is 5.43 Å². The molecule has 1 aromatic heterocycles. The van der Waals surface area contributed by atoms with E-state index in [-0.39, 0.29) is 0 Å². The zero-order chi connectivity index (χ0) is 10.4. The number of hydrazone groups is 1. The third-order valence-corrected chi connectivity index (χ3v) is 2.78. The van der Waals surface area contributed by atoms with Gasteiger partial charge in [-0.25, -0.2) is 10.2 Å². The SMILES string of the molecule is CCOC(=O)NN=Cc1ccc(Br)s1. The Bertz CT molecular complexity index is 338. The number of rotatable bonds is 3. The molecular weight excluding hydrogens is 268 g/mol. The van der Waals surface area contributed by atoms with Crippen LogP contribution in [-0.2, 0) is 4.74 Å². The van der Waals surface area contributed by atoms with Crippen molar-refractivity contribution in [3.05, 3.63) is 20.8 Å². The molecule has 0 aliphatic rings. The Labute approximate surface area is 94.1 Å². The predicted octanol–water partition coefficient (Wildman–Crippen LogP) is 2.59.